The Balaban J connectivity index is 1.57. The minimum absolute atomic E-state index is 0.134. The molecule has 0 aliphatic carbocycles. The van der Waals surface area contributed by atoms with Crippen LogP contribution >= 0.6 is 0 Å². The highest BCUT2D eigenvalue weighted by molar-refractivity contribution is 7.89. The average molecular weight is 376 g/mol. The van der Waals surface area contributed by atoms with Crippen molar-refractivity contribution in [2.45, 2.75) is 44.7 Å². The molecule has 1 saturated heterocycles. The zero-order valence-corrected chi connectivity index (χ0v) is 15.9. The molecule has 0 radical (unpaired) electrons. The molecule has 0 unspecified atom stereocenters. The lowest BCUT2D eigenvalue weighted by atomic mass is 10.2. The Morgan fingerprint density at radius 3 is 2.38 bits per heavy atom. The molecule has 0 saturated carbocycles. The largest absolute Gasteiger partial charge is 0.350 e. The molecule has 0 atom stereocenters. The maximum atomic E-state index is 12.5. The van der Waals surface area contributed by atoms with Crippen molar-refractivity contribution >= 4 is 15.9 Å². The Labute approximate surface area is 154 Å². The average Bonchev–Trinajstić information content (AvgIpc) is 3.24. The summed E-state index contributed by atoms with van der Waals surface area (Å²) in [6.07, 6.45) is 1.83. The van der Waals surface area contributed by atoms with Crippen molar-refractivity contribution in [3.63, 3.8) is 0 Å². The van der Waals surface area contributed by atoms with Gasteiger partial charge in [0.15, 0.2) is 0 Å². The van der Waals surface area contributed by atoms with Crippen molar-refractivity contribution < 1.29 is 13.2 Å². The van der Waals surface area contributed by atoms with Crippen LogP contribution in [0.5, 0.6) is 0 Å². The minimum atomic E-state index is -3.40. The smallest absolute Gasteiger partial charge is 0.243 e. The number of hydrogen-bond acceptors (Lipinski definition) is 4. The lowest BCUT2D eigenvalue weighted by Crippen LogP contribution is -2.28. The number of rotatable bonds is 6. The SMILES string of the molecule is Cc1cc(C)n(CC(=O)NCc2ccc(S(=O)(=O)N3CCCC3)cc2)n1. The van der Waals surface area contributed by atoms with Crippen LogP contribution in [-0.4, -0.2) is 41.5 Å². The van der Waals surface area contributed by atoms with Gasteiger partial charge >= 0.3 is 0 Å². The Bertz CT molecular complexity index is 882. The Morgan fingerprint density at radius 2 is 1.81 bits per heavy atom. The lowest BCUT2D eigenvalue weighted by Gasteiger charge is -2.15. The summed E-state index contributed by atoms with van der Waals surface area (Å²) >= 11 is 0. The van der Waals surface area contributed by atoms with Crippen LogP contribution in [0.2, 0.25) is 0 Å². The highest BCUT2D eigenvalue weighted by atomic mass is 32.2. The monoisotopic (exact) mass is 376 g/mol. The summed E-state index contributed by atoms with van der Waals surface area (Å²) in [4.78, 5) is 12.4. The van der Waals surface area contributed by atoms with Crippen LogP contribution in [0, 0.1) is 13.8 Å². The topological polar surface area (TPSA) is 84.3 Å². The molecule has 1 aromatic heterocycles. The van der Waals surface area contributed by atoms with Gasteiger partial charge in [-0.05, 0) is 50.5 Å². The van der Waals surface area contributed by atoms with Crippen LogP contribution in [0.1, 0.15) is 29.8 Å². The van der Waals surface area contributed by atoms with E-state index in [0.717, 1.165) is 29.8 Å². The Morgan fingerprint density at radius 1 is 1.15 bits per heavy atom. The van der Waals surface area contributed by atoms with Gasteiger partial charge in [0.05, 0.1) is 10.6 Å². The van der Waals surface area contributed by atoms with Gasteiger partial charge in [0.1, 0.15) is 6.54 Å². The first-order valence-electron chi connectivity index (χ1n) is 8.73. The van der Waals surface area contributed by atoms with Gasteiger partial charge in [-0.25, -0.2) is 8.42 Å². The van der Waals surface area contributed by atoms with Crippen LogP contribution in [-0.2, 0) is 27.9 Å². The molecule has 8 heteroatoms. The third-order valence-electron chi connectivity index (χ3n) is 4.51. The molecule has 1 N–H and O–H groups in total. The first kappa shape index (κ1) is 18.6. The second-order valence-corrected chi connectivity index (χ2v) is 8.55. The second-order valence-electron chi connectivity index (χ2n) is 6.62. The van der Waals surface area contributed by atoms with E-state index in [1.807, 2.05) is 19.9 Å². The highest BCUT2D eigenvalue weighted by Gasteiger charge is 2.26. The molecule has 1 fully saturated rings. The maximum absolute atomic E-state index is 12.5. The molecule has 2 aromatic rings. The summed E-state index contributed by atoms with van der Waals surface area (Å²) in [5.41, 5.74) is 2.67. The summed E-state index contributed by atoms with van der Waals surface area (Å²) < 4.78 is 28.2. The lowest BCUT2D eigenvalue weighted by molar-refractivity contribution is -0.122. The summed E-state index contributed by atoms with van der Waals surface area (Å²) in [6, 6.07) is 8.62. The van der Waals surface area contributed by atoms with Gasteiger partial charge in [0, 0.05) is 25.3 Å². The first-order valence-corrected chi connectivity index (χ1v) is 10.2. The van der Waals surface area contributed by atoms with Gasteiger partial charge in [0.25, 0.3) is 0 Å². The van der Waals surface area contributed by atoms with Crippen molar-refractivity contribution in [3.05, 3.63) is 47.3 Å². The number of aryl methyl sites for hydroxylation is 2. The quantitative estimate of drug-likeness (QED) is 0.830. The van der Waals surface area contributed by atoms with Crippen molar-refractivity contribution in [2.24, 2.45) is 0 Å². The Kier molecular flexibility index (Phi) is 5.43. The number of amides is 1. The van der Waals surface area contributed by atoms with Gasteiger partial charge in [-0.3, -0.25) is 9.48 Å². The van der Waals surface area contributed by atoms with Crippen LogP contribution in [0.3, 0.4) is 0 Å². The molecule has 140 valence electrons. The molecule has 0 spiro atoms. The van der Waals surface area contributed by atoms with Crippen molar-refractivity contribution in [1.29, 1.82) is 0 Å². The van der Waals surface area contributed by atoms with Crippen molar-refractivity contribution in [1.82, 2.24) is 19.4 Å². The fraction of sp³-hybridized carbons (Fsp3) is 0.444. The van der Waals surface area contributed by atoms with E-state index in [4.69, 9.17) is 0 Å². The second kappa shape index (κ2) is 7.59. The molecule has 0 bridgehead atoms. The predicted molar refractivity (Wildman–Crippen MR) is 98.0 cm³/mol. The number of nitrogens with one attached hydrogen (secondary N) is 1. The number of benzene rings is 1. The van der Waals surface area contributed by atoms with E-state index in [9.17, 15) is 13.2 Å². The molecule has 1 aliphatic heterocycles. The summed E-state index contributed by atoms with van der Waals surface area (Å²) in [5.74, 6) is -0.134. The fourth-order valence-electron chi connectivity index (χ4n) is 3.08. The van der Waals surface area contributed by atoms with Crippen LogP contribution in [0.4, 0.5) is 0 Å². The van der Waals surface area contributed by atoms with E-state index in [1.165, 1.54) is 4.31 Å². The van der Waals surface area contributed by atoms with Gasteiger partial charge < -0.3 is 5.32 Å². The zero-order chi connectivity index (χ0) is 18.7. The number of sulfonamides is 1. The summed E-state index contributed by atoms with van der Waals surface area (Å²) in [7, 11) is -3.40. The number of hydrogen-bond donors (Lipinski definition) is 1. The molecule has 3 rings (SSSR count). The normalized spacial score (nSPS) is 15.3. The van der Waals surface area contributed by atoms with Gasteiger partial charge in [-0.1, -0.05) is 12.1 Å². The molecule has 7 nitrogen and oxygen atoms in total. The molecule has 1 aromatic carbocycles. The van der Waals surface area contributed by atoms with Crippen molar-refractivity contribution in [3.8, 4) is 0 Å². The number of aromatic nitrogens is 2. The van der Waals surface area contributed by atoms with E-state index in [0.29, 0.717) is 24.5 Å². The maximum Gasteiger partial charge on any atom is 0.243 e. The van der Waals surface area contributed by atoms with Gasteiger partial charge in [0.2, 0.25) is 15.9 Å². The number of nitrogens with zero attached hydrogens (tertiary/aromatic N) is 3. The van der Waals surface area contributed by atoms with Crippen LogP contribution < -0.4 is 5.32 Å². The molecule has 1 aliphatic rings. The number of carbonyl (C=O) groups excluding carboxylic acids is 1. The fourth-order valence-corrected chi connectivity index (χ4v) is 4.60. The summed E-state index contributed by atoms with van der Waals surface area (Å²) in [5, 5.41) is 7.10. The van der Waals surface area contributed by atoms with Gasteiger partial charge in [-0.2, -0.15) is 9.40 Å². The molecular formula is C18H24N4O3S. The number of carbonyl (C=O) groups is 1. The van der Waals surface area contributed by atoms with E-state index in [1.54, 1.807) is 28.9 Å². The molecule has 2 heterocycles. The Hall–Kier alpha value is -2.19. The third-order valence-corrected chi connectivity index (χ3v) is 6.43. The van der Waals surface area contributed by atoms with E-state index in [-0.39, 0.29) is 12.5 Å². The van der Waals surface area contributed by atoms with Crippen LogP contribution in [0.15, 0.2) is 35.2 Å². The molecule has 1 amide bonds. The van der Waals surface area contributed by atoms with E-state index in [2.05, 4.69) is 10.4 Å². The first-order chi connectivity index (χ1) is 12.4. The van der Waals surface area contributed by atoms with E-state index < -0.39 is 10.0 Å². The summed E-state index contributed by atoms with van der Waals surface area (Å²) in [6.45, 7) is 5.49. The standard InChI is InChI=1S/C18H24N4O3S/c1-14-11-15(2)22(20-14)13-18(23)19-12-16-5-7-17(8-6-16)26(24,25)21-9-3-4-10-21/h5-8,11H,3-4,9-10,12-13H2,1-2H3,(H,19,23). The minimum Gasteiger partial charge on any atom is -0.350 e. The van der Waals surface area contributed by atoms with Crippen LogP contribution in [0.25, 0.3) is 0 Å². The zero-order valence-electron chi connectivity index (χ0n) is 15.1. The van der Waals surface area contributed by atoms with Crippen molar-refractivity contribution in [2.75, 3.05) is 13.1 Å². The molecular weight excluding hydrogens is 352 g/mol. The molecule has 26 heavy (non-hydrogen) atoms. The van der Waals surface area contributed by atoms with E-state index >= 15 is 0 Å². The highest BCUT2D eigenvalue weighted by Crippen LogP contribution is 2.21. The van der Waals surface area contributed by atoms with Gasteiger partial charge in [-0.15, -0.1) is 0 Å². The predicted octanol–water partition coefficient (Wildman–Crippen LogP) is 1.60. The third kappa shape index (κ3) is 4.13.